The van der Waals surface area contributed by atoms with Gasteiger partial charge in [0.2, 0.25) is 0 Å². The molecule has 0 aliphatic carbocycles. The van der Waals surface area contributed by atoms with Crippen molar-refractivity contribution in [2.24, 2.45) is 0 Å². The zero-order valence-corrected chi connectivity index (χ0v) is 11.3. The van der Waals surface area contributed by atoms with Crippen molar-refractivity contribution in [1.82, 2.24) is 9.78 Å². The zero-order valence-electron chi connectivity index (χ0n) is 11.3. The number of fused-ring (bicyclic) bond motifs is 1. The Balaban J connectivity index is 1.92. The molecule has 104 valence electrons. The lowest BCUT2D eigenvalue weighted by atomic mass is 9.98. The molecular weight excluding hydrogens is 259 g/mol. The molecule has 4 nitrogen and oxygen atoms in total. The lowest BCUT2D eigenvalue weighted by Gasteiger charge is -2.24. The average molecular weight is 274 g/mol. The molecule has 1 atom stereocenters. The van der Waals surface area contributed by atoms with Crippen molar-refractivity contribution in [3.63, 3.8) is 0 Å². The number of Topliss-reactive ketones (excluding diaryl/α,β-unsaturated/α-hetero) is 1. The van der Waals surface area contributed by atoms with E-state index in [2.05, 4.69) is 5.10 Å². The molecule has 1 aliphatic heterocycles. The summed E-state index contributed by atoms with van der Waals surface area (Å²) >= 11 is 0. The van der Waals surface area contributed by atoms with Gasteiger partial charge in [-0.3, -0.25) is 9.48 Å². The average Bonchev–Trinajstić information content (AvgIpc) is 2.87. The molecule has 1 unspecified atom stereocenters. The van der Waals surface area contributed by atoms with E-state index in [1.165, 1.54) is 18.2 Å². The number of nitrogens with zero attached hydrogens (tertiary/aromatic N) is 2. The lowest BCUT2D eigenvalue weighted by Crippen LogP contribution is -2.20. The first-order chi connectivity index (χ1) is 9.54. The maximum Gasteiger partial charge on any atom is 0.170 e. The second kappa shape index (κ2) is 4.74. The Morgan fingerprint density at radius 2 is 2.25 bits per heavy atom. The van der Waals surface area contributed by atoms with E-state index in [1.807, 2.05) is 24.7 Å². The summed E-state index contributed by atoms with van der Waals surface area (Å²) < 4.78 is 20.8. The monoisotopic (exact) mass is 274 g/mol. The van der Waals surface area contributed by atoms with E-state index in [0.29, 0.717) is 11.3 Å². The highest BCUT2D eigenvalue weighted by Gasteiger charge is 2.28. The van der Waals surface area contributed by atoms with Gasteiger partial charge >= 0.3 is 0 Å². The number of ether oxygens (including phenoxy) is 1. The van der Waals surface area contributed by atoms with Gasteiger partial charge in [-0.1, -0.05) is 0 Å². The molecule has 0 radical (unpaired) electrons. The number of rotatable bonds is 2. The molecule has 0 bridgehead atoms. The fourth-order valence-corrected chi connectivity index (χ4v) is 2.28. The summed E-state index contributed by atoms with van der Waals surface area (Å²) in [5.74, 6) is -0.132. The van der Waals surface area contributed by atoms with Crippen LogP contribution in [0.1, 0.15) is 48.3 Å². The Morgan fingerprint density at radius 1 is 1.45 bits per heavy atom. The van der Waals surface area contributed by atoms with Crippen LogP contribution in [0.4, 0.5) is 4.39 Å². The highest BCUT2D eigenvalue weighted by atomic mass is 19.1. The number of carbonyl (C=O) groups is 1. The predicted octanol–water partition coefficient (Wildman–Crippen LogP) is 3.31. The molecule has 0 saturated carbocycles. The molecule has 0 fully saturated rings. The van der Waals surface area contributed by atoms with Crippen molar-refractivity contribution >= 4 is 5.78 Å². The molecule has 0 spiro atoms. The summed E-state index contributed by atoms with van der Waals surface area (Å²) in [5.41, 5.74) is 1.28. The van der Waals surface area contributed by atoms with Gasteiger partial charge in [-0.05, 0) is 26.0 Å². The first-order valence-electron chi connectivity index (χ1n) is 6.58. The van der Waals surface area contributed by atoms with Crippen LogP contribution in [0.3, 0.4) is 0 Å². The molecule has 1 aromatic heterocycles. The SMILES string of the molecule is CC(C)n1cc(C2CC(=O)c3ccc(F)cc3O2)cn1. The van der Waals surface area contributed by atoms with Crippen molar-refractivity contribution in [2.75, 3.05) is 0 Å². The zero-order chi connectivity index (χ0) is 14.3. The van der Waals surface area contributed by atoms with Crippen LogP contribution in [0.15, 0.2) is 30.6 Å². The summed E-state index contributed by atoms with van der Waals surface area (Å²) in [5, 5.41) is 4.24. The molecule has 2 aromatic rings. The molecule has 20 heavy (non-hydrogen) atoms. The van der Waals surface area contributed by atoms with E-state index >= 15 is 0 Å². The second-order valence-electron chi connectivity index (χ2n) is 5.22. The number of hydrogen-bond acceptors (Lipinski definition) is 3. The highest BCUT2D eigenvalue weighted by Crippen LogP contribution is 2.35. The first-order valence-corrected chi connectivity index (χ1v) is 6.58. The highest BCUT2D eigenvalue weighted by molar-refractivity contribution is 5.99. The standard InChI is InChI=1S/C15H15FN2O2/c1-9(2)18-8-10(7-17-18)14-6-13(19)12-4-3-11(16)5-15(12)20-14/h3-5,7-9,14H,6H2,1-2H3. The first kappa shape index (κ1) is 12.8. The Labute approximate surface area is 116 Å². The summed E-state index contributed by atoms with van der Waals surface area (Å²) in [6.07, 6.45) is 3.42. The van der Waals surface area contributed by atoms with E-state index in [0.717, 1.165) is 5.56 Å². The minimum absolute atomic E-state index is 0.0338. The molecular formula is C15H15FN2O2. The predicted molar refractivity (Wildman–Crippen MR) is 71.3 cm³/mol. The van der Waals surface area contributed by atoms with Gasteiger partial charge in [0.1, 0.15) is 17.7 Å². The topological polar surface area (TPSA) is 44.1 Å². The summed E-state index contributed by atoms with van der Waals surface area (Å²) in [4.78, 5) is 12.1. The minimum atomic E-state index is -0.407. The molecule has 5 heteroatoms. The summed E-state index contributed by atoms with van der Waals surface area (Å²) in [7, 11) is 0. The fraction of sp³-hybridized carbons (Fsp3) is 0.333. The van der Waals surface area contributed by atoms with Crippen LogP contribution in [-0.2, 0) is 0 Å². The van der Waals surface area contributed by atoms with Crippen molar-refractivity contribution in [1.29, 1.82) is 0 Å². The molecule has 0 N–H and O–H groups in total. The largest absolute Gasteiger partial charge is 0.484 e. The molecule has 0 amide bonds. The quantitative estimate of drug-likeness (QED) is 0.844. The number of hydrogen-bond donors (Lipinski definition) is 0. The van der Waals surface area contributed by atoms with Gasteiger partial charge in [-0.25, -0.2) is 4.39 Å². The van der Waals surface area contributed by atoms with Gasteiger partial charge in [0.25, 0.3) is 0 Å². The van der Waals surface area contributed by atoms with Crippen LogP contribution >= 0.6 is 0 Å². The number of carbonyl (C=O) groups excluding carboxylic acids is 1. The van der Waals surface area contributed by atoms with E-state index in [-0.39, 0.29) is 18.2 Å². The maximum atomic E-state index is 13.3. The fourth-order valence-electron chi connectivity index (χ4n) is 2.28. The number of ketones is 1. The summed E-state index contributed by atoms with van der Waals surface area (Å²) in [6, 6.07) is 4.25. The Morgan fingerprint density at radius 3 is 2.95 bits per heavy atom. The maximum absolute atomic E-state index is 13.3. The van der Waals surface area contributed by atoms with Crippen LogP contribution in [-0.4, -0.2) is 15.6 Å². The molecule has 1 aliphatic rings. The molecule has 1 aromatic carbocycles. The van der Waals surface area contributed by atoms with E-state index < -0.39 is 11.9 Å². The Hall–Kier alpha value is -2.17. The number of benzene rings is 1. The second-order valence-corrected chi connectivity index (χ2v) is 5.22. The van der Waals surface area contributed by atoms with Crippen LogP contribution in [0.5, 0.6) is 5.75 Å². The number of halogens is 1. The van der Waals surface area contributed by atoms with Gasteiger partial charge < -0.3 is 4.74 Å². The van der Waals surface area contributed by atoms with E-state index in [9.17, 15) is 9.18 Å². The molecule has 0 saturated heterocycles. The van der Waals surface area contributed by atoms with Crippen LogP contribution in [0, 0.1) is 5.82 Å². The molecule has 2 heterocycles. The van der Waals surface area contributed by atoms with Crippen LogP contribution in [0.2, 0.25) is 0 Å². The van der Waals surface area contributed by atoms with E-state index in [4.69, 9.17) is 4.74 Å². The van der Waals surface area contributed by atoms with Crippen molar-refractivity contribution in [3.05, 3.63) is 47.5 Å². The van der Waals surface area contributed by atoms with Crippen molar-refractivity contribution in [2.45, 2.75) is 32.4 Å². The normalized spacial score (nSPS) is 18.0. The Bertz CT molecular complexity index is 664. The van der Waals surface area contributed by atoms with Crippen LogP contribution in [0.25, 0.3) is 0 Å². The van der Waals surface area contributed by atoms with Gasteiger partial charge in [0.15, 0.2) is 5.78 Å². The Kier molecular flexibility index (Phi) is 3.04. The smallest absolute Gasteiger partial charge is 0.170 e. The van der Waals surface area contributed by atoms with Gasteiger partial charge in [-0.15, -0.1) is 0 Å². The van der Waals surface area contributed by atoms with Crippen molar-refractivity contribution < 1.29 is 13.9 Å². The number of aromatic nitrogens is 2. The van der Waals surface area contributed by atoms with Crippen molar-refractivity contribution in [3.8, 4) is 5.75 Å². The summed E-state index contributed by atoms with van der Waals surface area (Å²) in [6.45, 7) is 4.04. The van der Waals surface area contributed by atoms with Crippen LogP contribution < -0.4 is 4.74 Å². The minimum Gasteiger partial charge on any atom is -0.484 e. The lowest BCUT2D eigenvalue weighted by molar-refractivity contribution is 0.0849. The third-order valence-corrected chi connectivity index (χ3v) is 3.41. The van der Waals surface area contributed by atoms with E-state index in [1.54, 1.807) is 6.20 Å². The van der Waals surface area contributed by atoms with Gasteiger partial charge in [0.05, 0.1) is 18.2 Å². The van der Waals surface area contributed by atoms with Gasteiger partial charge in [-0.2, -0.15) is 5.10 Å². The third-order valence-electron chi connectivity index (χ3n) is 3.41. The third kappa shape index (κ3) is 2.19. The molecule has 3 rings (SSSR count). The van der Waals surface area contributed by atoms with Gasteiger partial charge in [0, 0.05) is 23.9 Å².